The molecule has 1 aromatic heterocycles. The lowest BCUT2D eigenvalue weighted by molar-refractivity contribution is -0.177. The molecule has 0 amide bonds. The maximum atomic E-state index is 12.5. The molecule has 1 aliphatic carbocycles. The Labute approximate surface area is 95.9 Å². The lowest BCUT2D eigenvalue weighted by Gasteiger charge is -2.25. The number of halogens is 4. The van der Waals surface area contributed by atoms with Crippen LogP contribution in [-0.2, 0) is 12.8 Å². The Balaban J connectivity index is 2.31. The maximum Gasteiger partial charge on any atom is 0.392 e. The second-order valence-electron chi connectivity index (χ2n) is 3.97. The molecular formula is C10H10ClF3N2. The average molecular weight is 251 g/mol. The highest BCUT2D eigenvalue weighted by molar-refractivity contribution is 6.29. The molecular weight excluding hydrogens is 241 g/mol. The summed E-state index contributed by atoms with van der Waals surface area (Å²) in [7, 11) is 0. The molecule has 1 heterocycles. The lowest BCUT2D eigenvalue weighted by atomic mass is 9.89. The van der Waals surface area contributed by atoms with Crippen molar-refractivity contribution in [3.05, 3.63) is 22.2 Å². The Hall–Kier alpha value is -0.840. The number of rotatable bonds is 0. The van der Waals surface area contributed by atoms with Crippen LogP contribution in [0.25, 0.3) is 0 Å². The molecule has 2 nitrogen and oxygen atoms in total. The third-order valence-electron chi connectivity index (χ3n) is 2.80. The SMILES string of the molecule is Cc1nc2c(nc1Cl)CCC(C(F)(F)F)C2. The van der Waals surface area contributed by atoms with Gasteiger partial charge in [0.1, 0.15) is 0 Å². The smallest absolute Gasteiger partial charge is 0.253 e. The first kappa shape index (κ1) is 11.6. The van der Waals surface area contributed by atoms with Crippen LogP contribution in [0.1, 0.15) is 23.5 Å². The molecule has 2 rings (SSSR count). The fourth-order valence-electron chi connectivity index (χ4n) is 1.87. The van der Waals surface area contributed by atoms with Gasteiger partial charge in [-0.1, -0.05) is 11.6 Å². The van der Waals surface area contributed by atoms with E-state index in [9.17, 15) is 13.2 Å². The van der Waals surface area contributed by atoms with Crippen molar-refractivity contribution in [1.82, 2.24) is 9.97 Å². The number of fused-ring (bicyclic) bond motifs is 1. The number of aryl methyl sites for hydroxylation is 2. The van der Waals surface area contributed by atoms with Gasteiger partial charge in [-0.15, -0.1) is 0 Å². The minimum Gasteiger partial charge on any atom is -0.253 e. The van der Waals surface area contributed by atoms with E-state index in [0.29, 0.717) is 23.5 Å². The second kappa shape index (κ2) is 3.87. The van der Waals surface area contributed by atoms with Gasteiger partial charge in [0.15, 0.2) is 5.15 Å². The Kier molecular flexibility index (Phi) is 2.82. The summed E-state index contributed by atoms with van der Waals surface area (Å²) in [5.41, 5.74) is 1.54. The molecule has 0 aromatic carbocycles. The van der Waals surface area contributed by atoms with Crippen molar-refractivity contribution < 1.29 is 13.2 Å². The van der Waals surface area contributed by atoms with Crippen LogP contribution in [-0.4, -0.2) is 16.1 Å². The van der Waals surface area contributed by atoms with Gasteiger partial charge < -0.3 is 0 Å². The number of alkyl halides is 3. The van der Waals surface area contributed by atoms with Gasteiger partial charge in [-0.3, -0.25) is 4.98 Å². The third-order valence-corrected chi connectivity index (χ3v) is 3.16. The van der Waals surface area contributed by atoms with E-state index in [0.717, 1.165) is 0 Å². The zero-order valence-corrected chi connectivity index (χ0v) is 9.36. The molecule has 1 atom stereocenters. The van der Waals surface area contributed by atoms with Crippen LogP contribution in [0.2, 0.25) is 5.15 Å². The largest absolute Gasteiger partial charge is 0.392 e. The molecule has 0 spiro atoms. The van der Waals surface area contributed by atoms with E-state index in [2.05, 4.69) is 9.97 Å². The Bertz CT molecular complexity index is 417. The fraction of sp³-hybridized carbons (Fsp3) is 0.600. The quantitative estimate of drug-likeness (QED) is 0.707. The monoisotopic (exact) mass is 250 g/mol. The molecule has 1 aromatic rings. The highest BCUT2D eigenvalue weighted by atomic mass is 35.5. The molecule has 88 valence electrons. The molecule has 0 fully saturated rings. The van der Waals surface area contributed by atoms with Gasteiger partial charge in [0, 0.05) is 6.42 Å². The van der Waals surface area contributed by atoms with Crippen LogP contribution in [0, 0.1) is 12.8 Å². The first-order chi connectivity index (χ1) is 7.38. The van der Waals surface area contributed by atoms with Gasteiger partial charge in [-0.2, -0.15) is 13.2 Å². The van der Waals surface area contributed by atoms with Gasteiger partial charge in [0.05, 0.1) is 23.0 Å². The van der Waals surface area contributed by atoms with E-state index >= 15 is 0 Å². The molecule has 0 aliphatic heterocycles. The summed E-state index contributed by atoms with van der Waals surface area (Å²) in [4.78, 5) is 8.15. The highest BCUT2D eigenvalue weighted by Gasteiger charge is 2.41. The van der Waals surface area contributed by atoms with Crippen LogP contribution < -0.4 is 0 Å². The molecule has 0 N–H and O–H groups in total. The predicted molar refractivity (Wildman–Crippen MR) is 53.3 cm³/mol. The molecule has 1 unspecified atom stereocenters. The van der Waals surface area contributed by atoms with Gasteiger partial charge in [-0.05, 0) is 19.8 Å². The molecule has 0 saturated carbocycles. The van der Waals surface area contributed by atoms with Gasteiger partial charge >= 0.3 is 6.18 Å². The van der Waals surface area contributed by atoms with E-state index in [1.54, 1.807) is 6.92 Å². The van der Waals surface area contributed by atoms with Crippen molar-refractivity contribution in [3.8, 4) is 0 Å². The normalized spacial score (nSPS) is 20.7. The van der Waals surface area contributed by atoms with Crippen LogP contribution in [0.4, 0.5) is 13.2 Å². The molecule has 1 aliphatic rings. The number of nitrogens with zero attached hydrogens (tertiary/aromatic N) is 2. The van der Waals surface area contributed by atoms with E-state index in [4.69, 9.17) is 11.6 Å². The van der Waals surface area contributed by atoms with Gasteiger partial charge in [0.2, 0.25) is 0 Å². The van der Waals surface area contributed by atoms with Crippen LogP contribution in [0.15, 0.2) is 0 Å². The van der Waals surface area contributed by atoms with Gasteiger partial charge in [0.25, 0.3) is 0 Å². The fourth-order valence-corrected chi connectivity index (χ4v) is 2.01. The zero-order valence-electron chi connectivity index (χ0n) is 8.60. The van der Waals surface area contributed by atoms with Crippen molar-refractivity contribution in [2.24, 2.45) is 5.92 Å². The summed E-state index contributed by atoms with van der Waals surface area (Å²) < 4.78 is 37.6. The number of hydrogen-bond acceptors (Lipinski definition) is 2. The van der Waals surface area contributed by atoms with Crippen molar-refractivity contribution >= 4 is 11.6 Å². The summed E-state index contributed by atoms with van der Waals surface area (Å²) in [5.74, 6) is -1.30. The van der Waals surface area contributed by atoms with Crippen molar-refractivity contribution in [1.29, 1.82) is 0 Å². The van der Waals surface area contributed by atoms with Crippen molar-refractivity contribution in [2.45, 2.75) is 32.4 Å². The zero-order chi connectivity index (χ0) is 11.9. The Morgan fingerprint density at radius 3 is 2.56 bits per heavy atom. The average Bonchev–Trinajstić information content (AvgIpc) is 2.17. The molecule has 0 bridgehead atoms. The summed E-state index contributed by atoms with van der Waals surface area (Å²) in [5, 5.41) is 0.282. The number of aromatic nitrogens is 2. The van der Waals surface area contributed by atoms with Gasteiger partial charge in [-0.25, -0.2) is 4.98 Å². The van der Waals surface area contributed by atoms with Crippen LogP contribution >= 0.6 is 11.6 Å². The summed E-state index contributed by atoms with van der Waals surface area (Å²) in [6.45, 7) is 1.65. The van der Waals surface area contributed by atoms with E-state index in [1.165, 1.54) is 0 Å². The summed E-state index contributed by atoms with van der Waals surface area (Å²) in [6.07, 6.45) is -3.85. The van der Waals surface area contributed by atoms with E-state index in [-0.39, 0.29) is 18.0 Å². The first-order valence-electron chi connectivity index (χ1n) is 4.96. The van der Waals surface area contributed by atoms with Crippen molar-refractivity contribution in [3.63, 3.8) is 0 Å². The molecule has 6 heteroatoms. The van der Waals surface area contributed by atoms with Crippen LogP contribution in [0.5, 0.6) is 0 Å². The molecule has 16 heavy (non-hydrogen) atoms. The molecule has 0 radical (unpaired) electrons. The number of hydrogen-bond donors (Lipinski definition) is 0. The van der Waals surface area contributed by atoms with Crippen LogP contribution in [0.3, 0.4) is 0 Å². The second-order valence-corrected chi connectivity index (χ2v) is 4.33. The topological polar surface area (TPSA) is 25.8 Å². The van der Waals surface area contributed by atoms with E-state index in [1.807, 2.05) is 0 Å². The van der Waals surface area contributed by atoms with Crippen molar-refractivity contribution in [2.75, 3.05) is 0 Å². The molecule has 0 saturated heterocycles. The first-order valence-corrected chi connectivity index (χ1v) is 5.34. The third kappa shape index (κ3) is 2.14. The standard InChI is InChI=1S/C10H10ClF3N2/c1-5-9(11)16-7-3-2-6(10(12,13)14)4-8(7)15-5/h6H,2-4H2,1H3. The lowest BCUT2D eigenvalue weighted by Crippen LogP contribution is -2.30. The summed E-state index contributed by atoms with van der Waals surface area (Å²) in [6, 6.07) is 0. The van der Waals surface area contributed by atoms with E-state index < -0.39 is 12.1 Å². The summed E-state index contributed by atoms with van der Waals surface area (Å²) >= 11 is 5.78. The maximum absolute atomic E-state index is 12.5. The predicted octanol–water partition coefficient (Wildman–Crippen LogP) is 3.11. The Morgan fingerprint density at radius 1 is 1.25 bits per heavy atom. The minimum atomic E-state index is -4.15. The Morgan fingerprint density at radius 2 is 1.94 bits per heavy atom. The minimum absolute atomic E-state index is 0.0740. The highest BCUT2D eigenvalue weighted by Crippen LogP contribution is 2.36.